The Morgan fingerprint density at radius 3 is 3.00 bits per heavy atom. The van der Waals surface area contributed by atoms with Gasteiger partial charge in [0.2, 0.25) is 5.91 Å². The van der Waals surface area contributed by atoms with Crippen LogP contribution in [0.2, 0.25) is 0 Å². The van der Waals surface area contributed by atoms with Crippen LogP contribution in [0.4, 0.5) is 5.82 Å². The van der Waals surface area contributed by atoms with Gasteiger partial charge >= 0.3 is 0 Å². The van der Waals surface area contributed by atoms with Gasteiger partial charge in [-0.05, 0) is 12.8 Å². The van der Waals surface area contributed by atoms with E-state index in [0.29, 0.717) is 6.42 Å². The Labute approximate surface area is 88.7 Å². The summed E-state index contributed by atoms with van der Waals surface area (Å²) in [5.74, 6) is 0.925. The summed E-state index contributed by atoms with van der Waals surface area (Å²) in [5, 5.41) is 3.55. The van der Waals surface area contributed by atoms with E-state index in [-0.39, 0.29) is 5.91 Å². The number of hydrogen-bond donors (Lipinski definition) is 0. The van der Waals surface area contributed by atoms with E-state index in [2.05, 4.69) is 9.97 Å². The van der Waals surface area contributed by atoms with Gasteiger partial charge in [0, 0.05) is 32.3 Å². The molecule has 0 unspecified atom stereocenters. The highest BCUT2D eigenvalue weighted by molar-refractivity contribution is 5.77. The Bertz CT molecular complexity index is 341. The van der Waals surface area contributed by atoms with E-state index in [4.69, 9.17) is 0 Å². The van der Waals surface area contributed by atoms with Gasteiger partial charge in [-0.2, -0.15) is 0 Å². The van der Waals surface area contributed by atoms with Gasteiger partial charge in [-0.1, -0.05) is 0 Å². The molecule has 1 aromatic heterocycles. The Hall–Kier alpha value is -1.65. The number of anilines is 1. The van der Waals surface area contributed by atoms with Gasteiger partial charge in [-0.15, -0.1) is 0 Å². The molecule has 0 saturated carbocycles. The van der Waals surface area contributed by atoms with Gasteiger partial charge in [-0.25, -0.2) is 9.97 Å². The molecule has 0 bridgehead atoms. The van der Waals surface area contributed by atoms with Gasteiger partial charge in [0.1, 0.15) is 6.33 Å². The van der Waals surface area contributed by atoms with Crippen LogP contribution in [0.5, 0.6) is 0 Å². The SMILES string of the molecule is CN1C(=O)CCCCN1c1ccncn1. The van der Waals surface area contributed by atoms with Crippen molar-refractivity contribution in [1.82, 2.24) is 15.0 Å². The summed E-state index contributed by atoms with van der Waals surface area (Å²) in [6, 6.07) is 1.81. The molecule has 0 spiro atoms. The smallest absolute Gasteiger partial charge is 0.240 e. The molecule has 80 valence electrons. The largest absolute Gasteiger partial charge is 0.273 e. The standard InChI is InChI=1S/C10H14N4O/c1-13-10(15)4-2-3-7-14(13)9-5-6-11-8-12-9/h5-6,8H,2-4,7H2,1H3. The minimum atomic E-state index is 0.145. The van der Waals surface area contributed by atoms with Gasteiger partial charge in [0.25, 0.3) is 0 Å². The van der Waals surface area contributed by atoms with Crippen molar-refractivity contribution in [3.8, 4) is 0 Å². The minimum absolute atomic E-state index is 0.145. The van der Waals surface area contributed by atoms with E-state index in [1.807, 2.05) is 11.1 Å². The van der Waals surface area contributed by atoms with Crippen LogP contribution >= 0.6 is 0 Å². The fourth-order valence-corrected chi connectivity index (χ4v) is 1.69. The van der Waals surface area contributed by atoms with Crippen molar-refractivity contribution in [2.75, 3.05) is 18.6 Å². The fourth-order valence-electron chi connectivity index (χ4n) is 1.69. The first-order valence-corrected chi connectivity index (χ1v) is 5.09. The minimum Gasteiger partial charge on any atom is -0.273 e. The Kier molecular flexibility index (Phi) is 2.80. The van der Waals surface area contributed by atoms with Crippen LogP contribution in [0.15, 0.2) is 18.6 Å². The van der Waals surface area contributed by atoms with E-state index in [0.717, 1.165) is 25.2 Å². The van der Waals surface area contributed by atoms with Crippen molar-refractivity contribution in [2.45, 2.75) is 19.3 Å². The lowest BCUT2D eigenvalue weighted by Gasteiger charge is -2.30. The van der Waals surface area contributed by atoms with Crippen LogP contribution in [0.3, 0.4) is 0 Å². The number of hydrazine groups is 1. The zero-order valence-corrected chi connectivity index (χ0v) is 8.76. The van der Waals surface area contributed by atoms with Crippen LogP contribution in [-0.4, -0.2) is 34.5 Å². The number of amides is 1. The third-order valence-electron chi connectivity index (χ3n) is 2.56. The highest BCUT2D eigenvalue weighted by atomic mass is 16.2. The van der Waals surface area contributed by atoms with Crippen LogP contribution in [0.25, 0.3) is 0 Å². The second-order valence-electron chi connectivity index (χ2n) is 3.57. The third-order valence-corrected chi connectivity index (χ3v) is 2.56. The summed E-state index contributed by atoms with van der Waals surface area (Å²) < 4.78 is 0. The number of nitrogens with zero attached hydrogens (tertiary/aromatic N) is 4. The lowest BCUT2D eigenvalue weighted by molar-refractivity contribution is -0.129. The second kappa shape index (κ2) is 4.25. The Balaban J connectivity index is 2.23. The van der Waals surface area contributed by atoms with Crippen LogP contribution in [-0.2, 0) is 4.79 Å². The number of carbonyl (C=O) groups is 1. The highest BCUT2D eigenvalue weighted by Gasteiger charge is 2.21. The molecule has 0 aromatic carbocycles. The number of carbonyl (C=O) groups excluding carboxylic acids is 1. The molecule has 1 saturated heterocycles. The van der Waals surface area contributed by atoms with Crippen molar-refractivity contribution in [1.29, 1.82) is 0 Å². The van der Waals surface area contributed by atoms with Crippen molar-refractivity contribution < 1.29 is 4.79 Å². The predicted octanol–water partition coefficient (Wildman–Crippen LogP) is 0.840. The molecule has 0 radical (unpaired) electrons. The second-order valence-corrected chi connectivity index (χ2v) is 3.57. The van der Waals surface area contributed by atoms with Gasteiger partial charge < -0.3 is 0 Å². The molecule has 1 fully saturated rings. The summed E-state index contributed by atoms with van der Waals surface area (Å²) in [4.78, 5) is 19.7. The summed E-state index contributed by atoms with van der Waals surface area (Å²) >= 11 is 0. The zero-order valence-electron chi connectivity index (χ0n) is 8.76. The molecule has 15 heavy (non-hydrogen) atoms. The molecule has 2 heterocycles. The molecule has 1 amide bonds. The van der Waals surface area contributed by atoms with Crippen molar-refractivity contribution in [3.63, 3.8) is 0 Å². The maximum absolute atomic E-state index is 11.6. The van der Waals surface area contributed by atoms with E-state index < -0.39 is 0 Å². The molecule has 5 nitrogen and oxygen atoms in total. The Morgan fingerprint density at radius 2 is 2.27 bits per heavy atom. The van der Waals surface area contributed by atoms with Crippen molar-refractivity contribution >= 4 is 11.7 Å². The maximum Gasteiger partial charge on any atom is 0.240 e. The molecular weight excluding hydrogens is 192 g/mol. The number of rotatable bonds is 1. The highest BCUT2D eigenvalue weighted by Crippen LogP contribution is 2.17. The van der Waals surface area contributed by atoms with Crippen molar-refractivity contribution in [3.05, 3.63) is 18.6 Å². The van der Waals surface area contributed by atoms with Crippen LogP contribution in [0, 0.1) is 0 Å². The molecule has 2 rings (SSSR count). The topological polar surface area (TPSA) is 49.3 Å². The first-order valence-electron chi connectivity index (χ1n) is 5.09. The molecule has 0 aliphatic carbocycles. The first-order chi connectivity index (χ1) is 7.29. The monoisotopic (exact) mass is 206 g/mol. The Morgan fingerprint density at radius 1 is 1.40 bits per heavy atom. The van der Waals surface area contributed by atoms with Gasteiger partial charge in [0.15, 0.2) is 5.82 Å². The lowest BCUT2D eigenvalue weighted by Crippen LogP contribution is -2.43. The summed E-state index contributed by atoms with van der Waals surface area (Å²) in [6.45, 7) is 0.833. The fraction of sp³-hybridized carbons (Fsp3) is 0.500. The summed E-state index contributed by atoms with van der Waals surface area (Å²) in [7, 11) is 1.79. The summed E-state index contributed by atoms with van der Waals surface area (Å²) in [5.41, 5.74) is 0. The quantitative estimate of drug-likeness (QED) is 0.683. The van der Waals surface area contributed by atoms with Gasteiger partial charge in [0.05, 0.1) is 0 Å². The zero-order chi connectivity index (χ0) is 10.7. The van der Waals surface area contributed by atoms with E-state index in [1.54, 1.807) is 18.3 Å². The average Bonchev–Trinajstić information content (AvgIpc) is 2.44. The lowest BCUT2D eigenvalue weighted by atomic mass is 10.2. The third kappa shape index (κ3) is 2.06. The van der Waals surface area contributed by atoms with Crippen molar-refractivity contribution in [2.24, 2.45) is 0 Å². The molecule has 1 aliphatic heterocycles. The predicted molar refractivity (Wildman–Crippen MR) is 56.0 cm³/mol. The van der Waals surface area contributed by atoms with E-state index in [9.17, 15) is 4.79 Å². The molecule has 5 heteroatoms. The number of hydrogen-bond acceptors (Lipinski definition) is 4. The van der Waals surface area contributed by atoms with Gasteiger partial charge in [-0.3, -0.25) is 14.8 Å². The van der Waals surface area contributed by atoms with Crippen LogP contribution in [0.1, 0.15) is 19.3 Å². The molecular formula is C10H14N4O. The van der Waals surface area contributed by atoms with E-state index >= 15 is 0 Å². The van der Waals surface area contributed by atoms with Crippen LogP contribution < -0.4 is 5.01 Å². The molecule has 1 aliphatic rings. The first kappa shape index (κ1) is 9.89. The number of aromatic nitrogens is 2. The van der Waals surface area contributed by atoms with E-state index in [1.165, 1.54) is 6.33 Å². The molecule has 1 aromatic rings. The summed E-state index contributed by atoms with van der Waals surface area (Å²) in [6.07, 6.45) is 5.77. The average molecular weight is 206 g/mol. The normalized spacial score (nSPS) is 17.8. The molecule has 0 N–H and O–H groups in total. The molecule has 0 atom stereocenters. The maximum atomic E-state index is 11.6.